The van der Waals surface area contributed by atoms with Crippen molar-refractivity contribution in [2.75, 3.05) is 24.7 Å². The highest BCUT2D eigenvalue weighted by atomic mass is 19.3. The van der Waals surface area contributed by atoms with E-state index in [1.54, 1.807) is 0 Å². The maximum atomic E-state index is 12.8. The van der Waals surface area contributed by atoms with E-state index in [2.05, 4.69) is 10.1 Å². The molecule has 0 bridgehead atoms. The van der Waals surface area contributed by atoms with Crippen LogP contribution in [0.3, 0.4) is 0 Å². The predicted molar refractivity (Wildman–Crippen MR) is 61.6 cm³/mol. The lowest BCUT2D eigenvalue weighted by Gasteiger charge is -2.18. The summed E-state index contributed by atoms with van der Waals surface area (Å²) in [7, 11) is 1.10. The third-order valence-corrected chi connectivity index (χ3v) is 2.28. The van der Waals surface area contributed by atoms with Crippen LogP contribution in [-0.2, 0) is 4.74 Å². The number of halogens is 4. The molecule has 0 atom stereocenters. The Kier molecular flexibility index (Phi) is 4.57. The van der Waals surface area contributed by atoms with Crippen LogP contribution in [0.2, 0.25) is 0 Å². The van der Waals surface area contributed by atoms with Crippen LogP contribution < -0.4 is 11.1 Å². The van der Waals surface area contributed by atoms with E-state index in [1.807, 2.05) is 0 Å². The smallest absolute Gasteiger partial charge is 0.340 e. The minimum atomic E-state index is -4.20. The van der Waals surface area contributed by atoms with Crippen molar-refractivity contribution in [3.05, 3.63) is 23.8 Å². The van der Waals surface area contributed by atoms with Gasteiger partial charge in [0.05, 0.1) is 19.2 Å². The van der Waals surface area contributed by atoms with Crippen LogP contribution in [0.25, 0.3) is 0 Å². The van der Waals surface area contributed by atoms with Crippen LogP contribution in [0.15, 0.2) is 18.2 Å². The second kappa shape index (κ2) is 5.77. The molecule has 4 nitrogen and oxygen atoms in total. The van der Waals surface area contributed by atoms with Crippen molar-refractivity contribution in [1.29, 1.82) is 0 Å². The first-order valence-corrected chi connectivity index (χ1v) is 5.15. The number of alkyl halides is 4. The van der Waals surface area contributed by atoms with Gasteiger partial charge < -0.3 is 15.8 Å². The Balaban J connectivity index is 2.92. The highest BCUT2D eigenvalue weighted by molar-refractivity contribution is 5.96. The maximum Gasteiger partial charge on any atom is 0.340 e. The van der Waals surface area contributed by atoms with E-state index < -0.39 is 24.9 Å². The fourth-order valence-electron chi connectivity index (χ4n) is 1.29. The molecule has 3 N–H and O–H groups in total. The highest BCUT2D eigenvalue weighted by Crippen LogP contribution is 2.25. The summed E-state index contributed by atoms with van der Waals surface area (Å²) >= 11 is 0. The Morgan fingerprint density at radius 3 is 2.63 bits per heavy atom. The molecule has 106 valence electrons. The molecule has 0 aliphatic heterocycles. The summed E-state index contributed by atoms with van der Waals surface area (Å²) in [6.07, 6.45) is -3.80. The fourth-order valence-corrected chi connectivity index (χ4v) is 1.29. The first-order valence-electron chi connectivity index (χ1n) is 5.15. The monoisotopic (exact) mass is 280 g/mol. The molecule has 0 heterocycles. The normalized spacial score (nSPS) is 11.5. The molecule has 0 aliphatic carbocycles. The molecule has 0 amide bonds. The average molecular weight is 280 g/mol. The number of ether oxygens (including phenoxy) is 1. The Morgan fingerprint density at radius 2 is 2.11 bits per heavy atom. The first-order chi connectivity index (χ1) is 8.77. The summed E-state index contributed by atoms with van der Waals surface area (Å²) in [5, 5.41) is 2.09. The molecule has 0 unspecified atom stereocenters. The van der Waals surface area contributed by atoms with E-state index in [9.17, 15) is 22.4 Å². The summed E-state index contributed by atoms with van der Waals surface area (Å²) in [6, 6.07) is 3.78. The van der Waals surface area contributed by atoms with E-state index in [-0.39, 0.29) is 16.9 Å². The number of benzene rings is 1. The SMILES string of the molecule is COC(=O)c1cc(N)ccc1NCC(F)(F)C(F)F. The van der Waals surface area contributed by atoms with Crippen molar-refractivity contribution in [3.8, 4) is 0 Å². The Hall–Kier alpha value is -1.99. The van der Waals surface area contributed by atoms with E-state index in [4.69, 9.17) is 5.73 Å². The minimum Gasteiger partial charge on any atom is -0.465 e. The summed E-state index contributed by atoms with van der Waals surface area (Å²) in [5.74, 6) is -5.01. The van der Waals surface area contributed by atoms with Gasteiger partial charge in [0.2, 0.25) is 0 Å². The third kappa shape index (κ3) is 3.73. The molecule has 19 heavy (non-hydrogen) atoms. The topological polar surface area (TPSA) is 64.3 Å². The molecule has 0 fully saturated rings. The first kappa shape index (κ1) is 15.1. The number of rotatable bonds is 5. The molecule has 1 aromatic carbocycles. The molecule has 0 saturated carbocycles. The zero-order chi connectivity index (χ0) is 14.6. The van der Waals surface area contributed by atoms with Crippen molar-refractivity contribution in [2.45, 2.75) is 12.3 Å². The molecule has 1 aromatic rings. The summed E-state index contributed by atoms with van der Waals surface area (Å²) in [6.45, 7) is -1.31. The largest absolute Gasteiger partial charge is 0.465 e. The van der Waals surface area contributed by atoms with Gasteiger partial charge >= 0.3 is 18.3 Å². The van der Waals surface area contributed by atoms with Gasteiger partial charge in [-0.15, -0.1) is 0 Å². The third-order valence-electron chi connectivity index (χ3n) is 2.28. The van der Waals surface area contributed by atoms with Crippen LogP contribution in [0.5, 0.6) is 0 Å². The zero-order valence-corrected chi connectivity index (χ0v) is 9.92. The van der Waals surface area contributed by atoms with Crippen LogP contribution in [0.1, 0.15) is 10.4 Å². The molecular weight excluding hydrogens is 268 g/mol. The van der Waals surface area contributed by atoms with E-state index in [0.29, 0.717) is 0 Å². The second-order valence-corrected chi connectivity index (χ2v) is 3.71. The number of nitrogen functional groups attached to an aromatic ring is 1. The van der Waals surface area contributed by atoms with Gasteiger partial charge in [0, 0.05) is 11.4 Å². The van der Waals surface area contributed by atoms with Crippen LogP contribution in [0, 0.1) is 0 Å². The van der Waals surface area contributed by atoms with Crippen LogP contribution >= 0.6 is 0 Å². The number of nitrogens with one attached hydrogen (secondary N) is 1. The van der Waals surface area contributed by atoms with Crippen molar-refractivity contribution in [3.63, 3.8) is 0 Å². The number of hydrogen-bond acceptors (Lipinski definition) is 4. The van der Waals surface area contributed by atoms with Gasteiger partial charge in [-0.2, -0.15) is 8.78 Å². The second-order valence-electron chi connectivity index (χ2n) is 3.71. The lowest BCUT2D eigenvalue weighted by atomic mass is 10.1. The zero-order valence-electron chi connectivity index (χ0n) is 9.92. The van der Waals surface area contributed by atoms with Crippen molar-refractivity contribution < 1.29 is 27.1 Å². The fraction of sp³-hybridized carbons (Fsp3) is 0.364. The molecule has 1 rings (SSSR count). The standard InChI is InChI=1S/C11H12F4N2O2/c1-19-9(18)7-4-6(16)2-3-8(7)17-5-11(14,15)10(12)13/h2-4,10,17H,5,16H2,1H3. The lowest BCUT2D eigenvalue weighted by molar-refractivity contribution is -0.117. The van der Waals surface area contributed by atoms with Gasteiger partial charge in [-0.25, -0.2) is 13.6 Å². The number of carbonyl (C=O) groups excluding carboxylic acids is 1. The minimum absolute atomic E-state index is 0.0543. The van der Waals surface area contributed by atoms with Gasteiger partial charge in [0.1, 0.15) is 0 Å². The van der Waals surface area contributed by atoms with Crippen LogP contribution in [0.4, 0.5) is 28.9 Å². The van der Waals surface area contributed by atoms with Gasteiger partial charge in [-0.05, 0) is 18.2 Å². The predicted octanol–water partition coefficient (Wildman–Crippen LogP) is 2.37. The molecule has 0 saturated heterocycles. The van der Waals surface area contributed by atoms with Gasteiger partial charge in [-0.1, -0.05) is 0 Å². The van der Waals surface area contributed by atoms with Crippen molar-refractivity contribution in [2.24, 2.45) is 0 Å². The molecule has 0 radical (unpaired) electrons. The Labute approximate surface area is 106 Å². The number of nitrogens with two attached hydrogens (primary N) is 1. The number of hydrogen-bond donors (Lipinski definition) is 2. The summed E-state index contributed by atoms with van der Waals surface area (Å²) in [4.78, 5) is 11.4. The molecule has 8 heteroatoms. The molecule has 0 spiro atoms. The maximum absolute atomic E-state index is 12.8. The van der Waals surface area contributed by atoms with Crippen LogP contribution in [-0.4, -0.2) is 32.0 Å². The average Bonchev–Trinajstić information content (AvgIpc) is 2.36. The molecule has 0 aliphatic rings. The number of methoxy groups -OCH3 is 1. The van der Waals surface area contributed by atoms with Crippen molar-refractivity contribution >= 4 is 17.3 Å². The molecular formula is C11H12F4N2O2. The van der Waals surface area contributed by atoms with Crippen molar-refractivity contribution in [1.82, 2.24) is 0 Å². The number of anilines is 2. The van der Waals surface area contributed by atoms with Gasteiger partial charge in [0.15, 0.2) is 0 Å². The quantitative estimate of drug-likeness (QED) is 0.494. The Morgan fingerprint density at radius 1 is 1.47 bits per heavy atom. The summed E-state index contributed by atoms with van der Waals surface area (Å²) < 4.78 is 54.0. The number of carbonyl (C=O) groups is 1. The lowest BCUT2D eigenvalue weighted by Crippen LogP contribution is -2.35. The molecule has 0 aromatic heterocycles. The highest BCUT2D eigenvalue weighted by Gasteiger charge is 2.40. The van der Waals surface area contributed by atoms with Gasteiger partial charge in [0.25, 0.3) is 0 Å². The van der Waals surface area contributed by atoms with E-state index in [1.165, 1.54) is 18.2 Å². The summed E-state index contributed by atoms with van der Waals surface area (Å²) in [5.41, 5.74) is 5.50. The van der Waals surface area contributed by atoms with E-state index in [0.717, 1.165) is 7.11 Å². The number of esters is 1. The van der Waals surface area contributed by atoms with E-state index >= 15 is 0 Å². The van der Waals surface area contributed by atoms with Gasteiger partial charge in [-0.3, -0.25) is 0 Å². The Bertz CT molecular complexity index is 466.